The number of nitrogens with zero attached hydrogens (tertiary/aromatic N) is 2. The van der Waals surface area contributed by atoms with Gasteiger partial charge in [-0.05, 0) is 43.5 Å². The molecule has 1 atom stereocenters. The molecule has 2 aliphatic rings. The van der Waals surface area contributed by atoms with Crippen molar-refractivity contribution >= 4 is 40.1 Å². The van der Waals surface area contributed by atoms with Crippen molar-refractivity contribution in [3.63, 3.8) is 0 Å². The molecule has 2 amide bonds. The molecule has 1 unspecified atom stereocenters. The summed E-state index contributed by atoms with van der Waals surface area (Å²) in [5.74, 6) is -0.795. The molecule has 0 bridgehead atoms. The Kier molecular flexibility index (Phi) is 4.33. The van der Waals surface area contributed by atoms with Crippen molar-refractivity contribution in [3.8, 4) is 0 Å². The van der Waals surface area contributed by atoms with Crippen molar-refractivity contribution in [2.45, 2.75) is 19.3 Å². The summed E-state index contributed by atoms with van der Waals surface area (Å²) in [7, 11) is 0. The van der Waals surface area contributed by atoms with E-state index in [4.69, 9.17) is 0 Å². The Hall–Kier alpha value is -2.02. The normalized spacial score (nSPS) is 20.2. The van der Waals surface area contributed by atoms with Gasteiger partial charge in [0, 0.05) is 11.4 Å². The summed E-state index contributed by atoms with van der Waals surface area (Å²) in [6.45, 7) is 0. The maximum atomic E-state index is 12.8. The zero-order chi connectivity index (χ0) is 15.5. The number of hydrogen-bond donors (Lipinski definition) is 1. The summed E-state index contributed by atoms with van der Waals surface area (Å²) in [4.78, 5) is 32.0. The number of hydrogen-bond acceptors (Lipinski definition) is 4. The lowest BCUT2D eigenvalue weighted by molar-refractivity contribution is -0.119. The first-order chi connectivity index (χ1) is 10.6. The Morgan fingerprint density at radius 3 is 2.86 bits per heavy atom. The fraction of sp³-hybridized carbons (Fsp3) is 0.333. The number of carbonyl (C=O) groups is 2. The van der Waals surface area contributed by atoms with Gasteiger partial charge in [-0.3, -0.25) is 9.59 Å². The van der Waals surface area contributed by atoms with Crippen LogP contribution in [0.5, 0.6) is 0 Å². The number of rotatable bonds is 3. The number of nitrogens with one attached hydrogen (secondary N) is 1. The van der Waals surface area contributed by atoms with E-state index in [9.17, 15) is 14.0 Å². The van der Waals surface area contributed by atoms with Gasteiger partial charge in [0.1, 0.15) is 5.82 Å². The highest BCUT2D eigenvalue weighted by Crippen LogP contribution is 2.28. The SMILES string of the molecule is O=C(CSC1=NC(=O)C2CCCC2=N1)Nc1ccc(F)cc1. The van der Waals surface area contributed by atoms with E-state index in [0.29, 0.717) is 10.9 Å². The van der Waals surface area contributed by atoms with Gasteiger partial charge in [-0.15, -0.1) is 0 Å². The second-order valence-corrected chi connectivity index (χ2v) is 6.07. The summed E-state index contributed by atoms with van der Waals surface area (Å²) in [6, 6.07) is 5.53. The summed E-state index contributed by atoms with van der Waals surface area (Å²) in [5, 5.41) is 3.01. The van der Waals surface area contributed by atoms with Crippen LogP contribution in [0.25, 0.3) is 0 Å². The molecule has 0 aromatic heterocycles. The summed E-state index contributed by atoms with van der Waals surface area (Å²) >= 11 is 1.14. The standard InChI is InChI=1S/C15H14FN3O2S/c16-9-4-6-10(7-5-9)17-13(20)8-22-15-18-12-3-1-2-11(12)14(21)19-15/h4-7,11H,1-3,8H2,(H,17,20). The highest BCUT2D eigenvalue weighted by molar-refractivity contribution is 8.14. The van der Waals surface area contributed by atoms with Crippen molar-refractivity contribution in [1.29, 1.82) is 0 Å². The van der Waals surface area contributed by atoms with Crippen LogP contribution in [0.3, 0.4) is 0 Å². The van der Waals surface area contributed by atoms with Gasteiger partial charge >= 0.3 is 0 Å². The van der Waals surface area contributed by atoms with Gasteiger partial charge in [-0.2, -0.15) is 4.99 Å². The number of fused-ring (bicyclic) bond motifs is 1. The topological polar surface area (TPSA) is 70.9 Å². The van der Waals surface area contributed by atoms with Crippen molar-refractivity contribution in [2.75, 3.05) is 11.1 Å². The van der Waals surface area contributed by atoms with E-state index >= 15 is 0 Å². The van der Waals surface area contributed by atoms with Gasteiger partial charge in [0.15, 0.2) is 5.17 Å². The number of carbonyl (C=O) groups excluding carboxylic acids is 2. The van der Waals surface area contributed by atoms with Crippen LogP contribution in [0.1, 0.15) is 19.3 Å². The number of thioether (sulfide) groups is 1. The van der Waals surface area contributed by atoms with E-state index in [0.717, 1.165) is 36.7 Å². The molecule has 0 radical (unpaired) electrons. The Labute approximate surface area is 131 Å². The molecule has 1 aromatic carbocycles. The molecule has 1 N–H and O–H groups in total. The summed E-state index contributed by atoms with van der Waals surface area (Å²) in [5.41, 5.74) is 1.41. The molecule has 0 spiro atoms. The maximum Gasteiger partial charge on any atom is 0.256 e. The highest BCUT2D eigenvalue weighted by Gasteiger charge is 2.32. The smallest absolute Gasteiger partial charge is 0.256 e. The average molecular weight is 319 g/mol. The van der Waals surface area contributed by atoms with Gasteiger partial charge in [0.05, 0.1) is 11.7 Å². The number of amides is 2. The Morgan fingerprint density at radius 1 is 1.32 bits per heavy atom. The van der Waals surface area contributed by atoms with Crippen molar-refractivity contribution in [2.24, 2.45) is 15.9 Å². The van der Waals surface area contributed by atoms with Crippen LogP contribution in [0.15, 0.2) is 34.3 Å². The lowest BCUT2D eigenvalue weighted by Crippen LogP contribution is -2.24. The highest BCUT2D eigenvalue weighted by atomic mass is 32.2. The molecular formula is C15H14FN3O2S. The monoisotopic (exact) mass is 319 g/mol. The molecule has 1 heterocycles. The largest absolute Gasteiger partial charge is 0.325 e. The molecule has 7 heteroatoms. The molecule has 114 valence electrons. The van der Waals surface area contributed by atoms with Crippen molar-refractivity contribution in [1.82, 2.24) is 0 Å². The maximum absolute atomic E-state index is 12.8. The number of aliphatic imine (C=N–C) groups is 2. The second-order valence-electron chi connectivity index (χ2n) is 5.12. The predicted molar refractivity (Wildman–Crippen MR) is 84.7 cm³/mol. The van der Waals surface area contributed by atoms with E-state index in [1.54, 1.807) is 0 Å². The van der Waals surface area contributed by atoms with Crippen LogP contribution in [0.2, 0.25) is 0 Å². The number of amidine groups is 1. The van der Waals surface area contributed by atoms with Gasteiger partial charge in [-0.1, -0.05) is 11.8 Å². The first-order valence-corrected chi connectivity index (χ1v) is 7.98. The first kappa shape index (κ1) is 14.9. The molecular weight excluding hydrogens is 305 g/mol. The molecule has 0 saturated heterocycles. The van der Waals surface area contributed by atoms with Crippen molar-refractivity contribution in [3.05, 3.63) is 30.1 Å². The Balaban J connectivity index is 1.55. The second kappa shape index (κ2) is 6.39. The molecule has 1 fully saturated rings. The van der Waals surface area contributed by atoms with Crippen LogP contribution >= 0.6 is 11.8 Å². The fourth-order valence-electron chi connectivity index (χ4n) is 2.47. The summed E-state index contributed by atoms with van der Waals surface area (Å²) < 4.78 is 12.8. The van der Waals surface area contributed by atoms with E-state index in [-0.39, 0.29) is 29.3 Å². The zero-order valence-corrected chi connectivity index (χ0v) is 12.5. The fourth-order valence-corrected chi connectivity index (χ4v) is 3.14. The Bertz CT molecular complexity index is 670. The lowest BCUT2D eigenvalue weighted by atomic mass is 10.1. The minimum atomic E-state index is -0.357. The third-order valence-corrected chi connectivity index (χ3v) is 4.38. The van der Waals surface area contributed by atoms with Gasteiger partial charge in [0.2, 0.25) is 5.91 Å². The Morgan fingerprint density at radius 2 is 2.09 bits per heavy atom. The molecule has 1 saturated carbocycles. The molecule has 1 aliphatic heterocycles. The quantitative estimate of drug-likeness (QED) is 0.931. The van der Waals surface area contributed by atoms with E-state index in [1.165, 1.54) is 24.3 Å². The minimum absolute atomic E-state index is 0.102. The predicted octanol–water partition coefficient (Wildman–Crippen LogP) is 2.63. The van der Waals surface area contributed by atoms with Crippen LogP contribution in [0, 0.1) is 11.7 Å². The third kappa shape index (κ3) is 3.41. The lowest BCUT2D eigenvalue weighted by Gasteiger charge is -2.13. The summed E-state index contributed by atoms with van der Waals surface area (Å²) in [6.07, 6.45) is 2.62. The third-order valence-electron chi connectivity index (χ3n) is 3.53. The van der Waals surface area contributed by atoms with E-state index in [2.05, 4.69) is 15.3 Å². The minimum Gasteiger partial charge on any atom is -0.325 e. The molecule has 5 nitrogen and oxygen atoms in total. The van der Waals surface area contributed by atoms with Gasteiger partial charge < -0.3 is 5.32 Å². The molecule has 22 heavy (non-hydrogen) atoms. The van der Waals surface area contributed by atoms with E-state index in [1.807, 2.05) is 0 Å². The van der Waals surface area contributed by atoms with Crippen LogP contribution < -0.4 is 5.32 Å². The molecule has 1 aliphatic carbocycles. The first-order valence-electron chi connectivity index (χ1n) is 7.00. The number of halogens is 1. The molecule has 3 rings (SSSR count). The number of anilines is 1. The zero-order valence-electron chi connectivity index (χ0n) is 11.7. The van der Waals surface area contributed by atoms with Crippen LogP contribution in [0.4, 0.5) is 10.1 Å². The number of benzene rings is 1. The van der Waals surface area contributed by atoms with Crippen LogP contribution in [-0.2, 0) is 9.59 Å². The van der Waals surface area contributed by atoms with Crippen molar-refractivity contribution < 1.29 is 14.0 Å². The molecule has 1 aromatic rings. The van der Waals surface area contributed by atoms with Gasteiger partial charge in [-0.25, -0.2) is 9.38 Å². The average Bonchev–Trinajstić information content (AvgIpc) is 2.97. The van der Waals surface area contributed by atoms with E-state index < -0.39 is 0 Å². The van der Waals surface area contributed by atoms with Crippen LogP contribution in [-0.4, -0.2) is 28.4 Å². The van der Waals surface area contributed by atoms with Gasteiger partial charge in [0.25, 0.3) is 5.91 Å².